The molecule has 0 amide bonds. The van der Waals surface area contributed by atoms with Gasteiger partial charge in [0.05, 0.1) is 6.04 Å². The van der Waals surface area contributed by atoms with E-state index in [2.05, 4.69) is 38.2 Å². The molecule has 1 aromatic rings. The van der Waals surface area contributed by atoms with Gasteiger partial charge in [-0.05, 0) is 81.2 Å². The van der Waals surface area contributed by atoms with E-state index in [1.54, 1.807) is 0 Å². The molecule has 1 N–H and O–H groups in total. The largest absolute Gasteiger partial charge is 0.375 e. The minimum absolute atomic E-state index is 0.0184. The highest BCUT2D eigenvalue weighted by Gasteiger charge is 2.34. The van der Waals surface area contributed by atoms with Gasteiger partial charge in [-0.15, -0.1) is 0 Å². The van der Waals surface area contributed by atoms with Crippen LogP contribution in [0.5, 0.6) is 0 Å². The van der Waals surface area contributed by atoms with E-state index in [0.29, 0.717) is 17.6 Å². The van der Waals surface area contributed by atoms with E-state index in [0.717, 1.165) is 18.5 Å². The Labute approximate surface area is 153 Å². The summed E-state index contributed by atoms with van der Waals surface area (Å²) in [5.74, 6) is 1.31. The second kappa shape index (κ2) is 8.38. The fraction of sp³-hybridized carbons (Fsp3) is 0.696. The highest BCUT2D eigenvalue weighted by molar-refractivity contribution is 5.89. The maximum Gasteiger partial charge on any atom is 0.158 e. The van der Waals surface area contributed by atoms with Gasteiger partial charge in [0, 0.05) is 11.6 Å². The molecule has 2 saturated carbocycles. The smallest absolute Gasteiger partial charge is 0.158 e. The highest BCUT2D eigenvalue weighted by Crippen LogP contribution is 2.33. The molecule has 2 aliphatic carbocycles. The Morgan fingerprint density at radius 3 is 1.96 bits per heavy atom. The molecular weight excluding hydrogens is 306 g/mol. The van der Waals surface area contributed by atoms with Crippen molar-refractivity contribution in [3.05, 3.63) is 28.8 Å². The molecule has 3 rings (SSSR count). The van der Waals surface area contributed by atoms with Crippen molar-refractivity contribution in [2.24, 2.45) is 11.8 Å². The fourth-order valence-corrected chi connectivity index (χ4v) is 4.83. The third kappa shape index (κ3) is 4.46. The Bertz CT molecular complexity index is 571. The molecule has 1 atom stereocenters. The molecule has 2 aliphatic rings. The molecule has 25 heavy (non-hydrogen) atoms. The fourth-order valence-electron chi connectivity index (χ4n) is 4.83. The molecule has 1 aromatic carbocycles. The molecule has 2 fully saturated rings. The maximum absolute atomic E-state index is 13.4. The zero-order valence-electron chi connectivity index (χ0n) is 16.4. The third-order valence-electron chi connectivity index (χ3n) is 6.68. The van der Waals surface area contributed by atoms with E-state index in [-0.39, 0.29) is 6.04 Å². The number of rotatable bonds is 5. The number of aryl methyl sites for hydroxylation is 2. The van der Waals surface area contributed by atoms with E-state index in [4.69, 9.17) is 0 Å². The summed E-state index contributed by atoms with van der Waals surface area (Å²) in [6, 6.07) is 4.48. The molecule has 0 bridgehead atoms. The summed E-state index contributed by atoms with van der Waals surface area (Å²) in [4.78, 5) is 13.4. The first-order valence-electron chi connectivity index (χ1n) is 10.4. The molecule has 0 spiro atoms. The molecule has 138 valence electrons. The molecule has 0 aliphatic heterocycles. The first-order chi connectivity index (χ1) is 12.1. The number of hydrogen-bond donors (Lipinski definition) is 1. The summed E-state index contributed by atoms with van der Waals surface area (Å²) < 4.78 is 0. The number of ketones is 1. The molecule has 0 radical (unpaired) electrons. The first-order valence-corrected chi connectivity index (χ1v) is 10.4. The average molecular weight is 342 g/mol. The lowest BCUT2D eigenvalue weighted by atomic mass is 9.76. The highest BCUT2D eigenvalue weighted by atomic mass is 16.1. The number of carbonyl (C=O) groups excluding carboxylic acids is 1. The van der Waals surface area contributed by atoms with Crippen molar-refractivity contribution in [1.29, 1.82) is 0 Å². The lowest BCUT2D eigenvalue weighted by Crippen LogP contribution is -2.42. The van der Waals surface area contributed by atoms with Crippen LogP contribution in [0.1, 0.15) is 80.9 Å². The number of carbonyl (C=O) groups is 1. The molecule has 0 unspecified atom stereocenters. The van der Waals surface area contributed by atoms with Gasteiger partial charge in [-0.25, -0.2) is 0 Å². The number of benzene rings is 1. The number of nitrogens with one attached hydrogen (secondary N) is 1. The zero-order valence-corrected chi connectivity index (χ0v) is 16.4. The standard InChI is InChI=1S/C23H35NO/c1-16-14-21(15-17(2)18(16)3)24-22(19-10-6-4-7-11-19)23(25)20-12-8-5-9-13-20/h14-15,19-20,22,24H,4-13H2,1-3H3/t22-/m1/s1. The Morgan fingerprint density at radius 1 is 0.880 bits per heavy atom. The van der Waals surface area contributed by atoms with E-state index >= 15 is 0 Å². The average Bonchev–Trinajstić information content (AvgIpc) is 2.65. The molecule has 0 saturated heterocycles. The van der Waals surface area contributed by atoms with Gasteiger partial charge >= 0.3 is 0 Å². The summed E-state index contributed by atoms with van der Waals surface area (Å²) in [7, 11) is 0. The van der Waals surface area contributed by atoms with Crippen LogP contribution in [0.2, 0.25) is 0 Å². The summed E-state index contributed by atoms with van der Waals surface area (Å²) >= 11 is 0. The molecular formula is C23H35NO. The van der Waals surface area contributed by atoms with E-state index < -0.39 is 0 Å². The quantitative estimate of drug-likeness (QED) is 0.699. The lowest BCUT2D eigenvalue weighted by molar-refractivity contribution is -0.125. The van der Waals surface area contributed by atoms with Crippen LogP contribution in [0.25, 0.3) is 0 Å². The van der Waals surface area contributed by atoms with Crippen molar-refractivity contribution >= 4 is 11.5 Å². The molecule has 2 nitrogen and oxygen atoms in total. The van der Waals surface area contributed by atoms with Crippen LogP contribution in [-0.4, -0.2) is 11.8 Å². The monoisotopic (exact) mass is 341 g/mol. The van der Waals surface area contributed by atoms with Crippen LogP contribution in [0.3, 0.4) is 0 Å². The molecule has 0 aromatic heterocycles. The van der Waals surface area contributed by atoms with Gasteiger partial charge in [0.15, 0.2) is 5.78 Å². The van der Waals surface area contributed by atoms with Gasteiger partial charge in [0.2, 0.25) is 0 Å². The Balaban J connectivity index is 1.81. The maximum atomic E-state index is 13.4. The van der Waals surface area contributed by atoms with Crippen molar-refractivity contribution in [2.45, 2.75) is 91.0 Å². The van der Waals surface area contributed by atoms with E-state index in [9.17, 15) is 4.79 Å². The molecule has 2 heteroatoms. The van der Waals surface area contributed by atoms with Gasteiger partial charge in [-0.3, -0.25) is 4.79 Å². The summed E-state index contributed by atoms with van der Waals surface area (Å²) in [6.45, 7) is 6.53. The second-order valence-electron chi connectivity index (χ2n) is 8.49. The number of Topliss-reactive ketones (excluding diaryl/α,β-unsaturated/α-hetero) is 1. The molecule has 0 heterocycles. The van der Waals surface area contributed by atoms with Crippen molar-refractivity contribution in [1.82, 2.24) is 0 Å². The Morgan fingerprint density at radius 2 is 1.40 bits per heavy atom. The summed E-state index contributed by atoms with van der Waals surface area (Å²) in [5.41, 5.74) is 5.13. The predicted molar refractivity (Wildman–Crippen MR) is 106 cm³/mol. The predicted octanol–water partition coefficient (Wildman–Crippen LogP) is 6.12. The third-order valence-corrected chi connectivity index (χ3v) is 6.68. The van der Waals surface area contributed by atoms with Gasteiger partial charge in [0.1, 0.15) is 0 Å². The van der Waals surface area contributed by atoms with Crippen LogP contribution in [0.4, 0.5) is 5.69 Å². The first kappa shape index (κ1) is 18.5. The minimum atomic E-state index is 0.0184. The van der Waals surface area contributed by atoms with Gasteiger partial charge in [-0.1, -0.05) is 38.5 Å². The van der Waals surface area contributed by atoms with Crippen LogP contribution < -0.4 is 5.32 Å². The van der Waals surface area contributed by atoms with Crippen LogP contribution in [-0.2, 0) is 4.79 Å². The van der Waals surface area contributed by atoms with E-state index in [1.807, 2.05) is 0 Å². The zero-order chi connectivity index (χ0) is 17.8. The topological polar surface area (TPSA) is 29.1 Å². The minimum Gasteiger partial charge on any atom is -0.375 e. The van der Waals surface area contributed by atoms with Crippen LogP contribution in [0, 0.1) is 32.6 Å². The summed E-state index contributed by atoms with van der Waals surface area (Å²) in [6.07, 6.45) is 12.3. The normalized spacial score (nSPS) is 21.1. The van der Waals surface area contributed by atoms with Gasteiger partial charge in [-0.2, -0.15) is 0 Å². The van der Waals surface area contributed by atoms with Crippen molar-refractivity contribution in [3.8, 4) is 0 Å². The van der Waals surface area contributed by atoms with E-state index in [1.165, 1.54) is 68.1 Å². The van der Waals surface area contributed by atoms with Crippen LogP contribution >= 0.6 is 0 Å². The second-order valence-corrected chi connectivity index (χ2v) is 8.49. The Hall–Kier alpha value is -1.31. The van der Waals surface area contributed by atoms with Gasteiger partial charge < -0.3 is 5.32 Å². The number of anilines is 1. The lowest BCUT2D eigenvalue weighted by Gasteiger charge is -2.34. The van der Waals surface area contributed by atoms with Gasteiger partial charge in [0.25, 0.3) is 0 Å². The number of hydrogen-bond acceptors (Lipinski definition) is 2. The van der Waals surface area contributed by atoms with Crippen molar-refractivity contribution < 1.29 is 4.79 Å². The summed E-state index contributed by atoms with van der Waals surface area (Å²) in [5, 5.41) is 3.71. The van der Waals surface area contributed by atoms with Crippen molar-refractivity contribution in [3.63, 3.8) is 0 Å². The Kier molecular flexibility index (Phi) is 6.19. The van der Waals surface area contributed by atoms with Crippen LogP contribution in [0.15, 0.2) is 12.1 Å². The SMILES string of the molecule is Cc1cc(N[C@@H](C(=O)C2CCCCC2)C2CCCCC2)cc(C)c1C. The van der Waals surface area contributed by atoms with Crippen molar-refractivity contribution in [2.75, 3.05) is 5.32 Å².